The van der Waals surface area contributed by atoms with Crippen LogP contribution in [-0.4, -0.2) is 30.1 Å². The minimum atomic E-state index is -0.0304. The third-order valence-electron chi connectivity index (χ3n) is 6.34. The summed E-state index contributed by atoms with van der Waals surface area (Å²) in [5, 5.41) is 9.95. The van der Waals surface area contributed by atoms with E-state index in [1.807, 2.05) is 24.3 Å². The van der Waals surface area contributed by atoms with Crippen LogP contribution in [0.4, 0.5) is 0 Å². The predicted octanol–water partition coefficient (Wildman–Crippen LogP) is 3.97. The van der Waals surface area contributed by atoms with Crippen LogP contribution in [0.15, 0.2) is 66.7 Å². The number of rotatable bonds is 5. The van der Waals surface area contributed by atoms with E-state index < -0.39 is 0 Å². The Morgan fingerprint density at radius 1 is 0.968 bits per heavy atom. The largest absolute Gasteiger partial charge is 0.350 e. The molecule has 1 saturated heterocycles. The molecule has 0 saturated carbocycles. The molecule has 1 aromatic heterocycles. The first-order chi connectivity index (χ1) is 15.2. The molecule has 3 aromatic carbocycles. The fourth-order valence-corrected chi connectivity index (χ4v) is 4.55. The quantitative estimate of drug-likeness (QED) is 0.464. The standard InChI is InChI=1S/C26H28N4O/c27-16-19-5-6-22-15-25(26(31)29-17-18-9-11-28-12-10-18)30(24(22)13-19)23-8-7-20-3-1-2-4-21(20)14-23/h1-8,13-15,18,28H,9-12,16-17,27H2,(H,29,31). The normalized spacial score (nSPS) is 14.9. The van der Waals surface area contributed by atoms with Gasteiger partial charge in [-0.15, -0.1) is 0 Å². The Labute approximate surface area is 182 Å². The summed E-state index contributed by atoms with van der Waals surface area (Å²) < 4.78 is 2.07. The summed E-state index contributed by atoms with van der Waals surface area (Å²) in [7, 11) is 0. The van der Waals surface area contributed by atoms with E-state index in [1.165, 1.54) is 5.39 Å². The molecular weight excluding hydrogens is 384 g/mol. The number of hydrogen-bond acceptors (Lipinski definition) is 3. The van der Waals surface area contributed by atoms with Crippen molar-refractivity contribution in [1.82, 2.24) is 15.2 Å². The zero-order chi connectivity index (χ0) is 21.2. The Bertz CT molecular complexity index is 1240. The van der Waals surface area contributed by atoms with E-state index in [2.05, 4.69) is 57.7 Å². The number of fused-ring (bicyclic) bond motifs is 2. The van der Waals surface area contributed by atoms with Crippen molar-refractivity contribution in [2.75, 3.05) is 19.6 Å². The summed E-state index contributed by atoms with van der Waals surface area (Å²) in [6.07, 6.45) is 2.21. The number of nitrogens with two attached hydrogens (primary N) is 1. The molecule has 0 unspecified atom stereocenters. The van der Waals surface area contributed by atoms with Gasteiger partial charge >= 0.3 is 0 Å². The van der Waals surface area contributed by atoms with Crippen molar-refractivity contribution >= 4 is 27.6 Å². The molecule has 0 bridgehead atoms. The molecule has 5 rings (SSSR count). The lowest BCUT2D eigenvalue weighted by molar-refractivity contribution is 0.0937. The average molecular weight is 413 g/mol. The van der Waals surface area contributed by atoms with Gasteiger partial charge in [0.1, 0.15) is 5.69 Å². The number of benzene rings is 3. The van der Waals surface area contributed by atoms with Crippen molar-refractivity contribution in [2.24, 2.45) is 11.7 Å². The summed E-state index contributed by atoms with van der Waals surface area (Å²) >= 11 is 0. The van der Waals surface area contributed by atoms with E-state index in [1.54, 1.807) is 0 Å². The molecule has 0 radical (unpaired) electrons. The maximum atomic E-state index is 13.3. The molecule has 5 nitrogen and oxygen atoms in total. The number of nitrogens with zero attached hydrogens (tertiary/aromatic N) is 1. The molecule has 31 heavy (non-hydrogen) atoms. The zero-order valence-electron chi connectivity index (χ0n) is 17.6. The molecule has 0 aliphatic carbocycles. The van der Waals surface area contributed by atoms with Gasteiger partial charge in [-0.25, -0.2) is 0 Å². The second-order valence-electron chi connectivity index (χ2n) is 8.40. The number of aromatic nitrogens is 1. The third kappa shape index (κ3) is 3.94. The molecule has 5 heteroatoms. The van der Waals surface area contributed by atoms with Crippen LogP contribution in [0.25, 0.3) is 27.4 Å². The second kappa shape index (κ2) is 8.53. The van der Waals surface area contributed by atoms with Crippen molar-refractivity contribution in [3.63, 3.8) is 0 Å². The van der Waals surface area contributed by atoms with E-state index in [9.17, 15) is 4.79 Å². The van der Waals surface area contributed by atoms with Gasteiger partial charge in [-0.2, -0.15) is 0 Å². The topological polar surface area (TPSA) is 72.1 Å². The van der Waals surface area contributed by atoms with Gasteiger partial charge in [0, 0.05) is 24.2 Å². The molecule has 0 spiro atoms. The van der Waals surface area contributed by atoms with Gasteiger partial charge in [0.05, 0.1) is 5.52 Å². The maximum Gasteiger partial charge on any atom is 0.268 e. The fraction of sp³-hybridized carbons (Fsp3) is 0.269. The van der Waals surface area contributed by atoms with E-state index in [0.717, 1.165) is 53.5 Å². The predicted molar refractivity (Wildman–Crippen MR) is 127 cm³/mol. The Hall–Kier alpha value is -3.15. The monoisotopic (exact) mass is 412 g/mol. The maximum absolute atomic E-state index is 13.3. The number of hydrogen-bond donors (Lipinski definition) is 3. The van der Waals surface area contributed by atoms with Crippen LogP contribution in [0.2, 0.25) is 0 Å². The first-order valence-electron chi connectivity index (χ1n) is 11.1. The van der Waals surface area contributed by atoms with Gasteiger partial charge in [0.15, 0.2) is 0 Å². The first kappa shape index (κ1) is 19.8. The van der Waals surface area contributed by atoms with Gasteiger partial charge in [-0.3, -0.25) is 4.79 Å². The number of nitrogens with one attached hydrogen (secondary N) is 2. The highest BCUT2D eigenvalue weighted by atomic mass is 16.1. The number of carbonyl (C=O) groups excluding carboxylic acids is 1. The Kier molecular flexibility index (Phi) is 5.45. The molecule has 158 valence electrons. The van der Waals surface area contributed by atoms with Crippen LogP contribution in [0, 0.1) is 5.92 Å². The number of piperidine rings is 1. The van der Waals surface area contributed by atoms with Crippen LogP contribution in [0.1, 0.15) is 28.9 Å². The zero-order valence-corrected chi connectivity index (χ0v) is 17.6. The van der Waals surface area contributed by atoms with Crippen molar-refractivity contribution < 1.29 is 4.79 Å². The van der Waals surface area contributed by atoms with E-state index in [-0.39, 0.29) is 5.91 Å². The Morgan fingerprint density at radius 2 is 1.74 bits per heavy atom. The molecule has 0 atom stereocenters. The smallest absolute Gasteiger partial charge is 0.268 e. The molecule has 1 amide bonds. The number of carbonyl (C=O) groups is 1. The first-order valence-corrected chi connectivity index (χ1v) is 11.1. The Morgan fingerprint density at radius 3 is 2.55 bits per heavy atom. The lowest BCUT2D eigenvalue weighted by Crippen LogP contribution is -2.36. The van der Waals surface area contributed by atoms with Gasteiger partial charge in [-0.05, 0) is 72.5 Å². The summed E-state index contributed by atoms with van der Waals surface area (Å²) in [6, 6.07) is 22.8. The van der Waals surface area contributed by atoms with E-state index in [4.69, 9.17) is 5.73 Å². The second-order valence-corrected chi connectivity index (χ2v) is 8.40. The molecule has 4 N–H and O–H groups in total. The van der Waals surface area contributed by atoms with Gasteiger partial charge in [0.2, 0.25) is 0 Å². The Balaban J connectivity index is 1.57. The van der Waals surface area contributed by atoms with Gasteiger partial charge in [0.25, 0.3) is 5.91 Å². The summed E-state index contributed by atoms with van der Waals surface area (Å²) in [4.78, 5) is 13.3. The lowest BCUT2D eigenvalue weighted by Gasteiger charge is -2.23. The highest BCUT2D eigenvalue weighted by Crippen LogP contribution is 2.28. The van der Waals surface area contributed by atoms with Crippen LogP contribution >= 0.6 is 0 Å². The molecule has 1 aliphatic rings. The van der Waals surface area contributed by atoms with Crippen molar-refractivity contribution in [3.05, 3.63) is 78.0 Å². The minimum Gasteiger partial charge on any atom is -0.350 e. The fourth-order valence-electron chi connectivity index (χ4n) is 4.55. The average Bonchev–Trinajstić information content (AvgIpc) is 3.21. The lowest BCUT2D eigenvalue weighted by atomic mass is 9.98. The van der Waals surface area contributed by atoms with E-state index >= 15 is 0 Å². The highest BCUT2D eigenvalue weighted by molar-refractivity contribution is 6.00. The van der Waals surface area contributed by atoms with Crippen LogP contribution < -0.4 is 16.4 Å². The minimum absolute atomic E-state index is 0.0304. The molecule has 4 aromatic rings. The van der Waals surface area contributed by atoms with Crippen molar-refractivity contribution in [1.29, 1.82) is 0 Å². The summed E-state index contributed by atoms with van der Waals surface area (Å²) in [6.45, 7) is 3.24. The van der Waals surface area contributed by atoms with Gasteiger partial charge < -0.3 is 20.9 Å². The summed E-state index contributed by atoms with van der Waals surface area (Å²) in [5.74, 6) is 0.504. The SMILES string of the molecule is NCc1ccc2cc(C(=O)NCC3CCNCC3)n(-c3ccc4ccccc4c3)c2c1. The molecule has 1 aliphatic heterocycles. The molecular formula is C26H28N4O. The van der Waals surface area contributed by atoms with Gasteiger partial charge in [-0.1, -0.05) is 42.5 Å². The summed E-state index contributed by atoms with van der Waals surface area (Å²) in [5.41, 5.74) is 9.60. The van der Waals surface area contributed by atoms with E-state index in [0.29, 0.717) is 24.7 Å². The number of amides is 1. The van der Waals surface area contributed by atoms with Crippen LogP contribution in [0.5, 0.6) is 0 Å². The molecule has 1 fully saturated rings. The third-order valence-corrected chi connectivity index (χ3v) is 6.34. The van der Waals surface area contributed by atoms with Crippen LogP contribution in [0.3, 0.4) is 0 Å². The highest BCUT2D eigenvalue weighted by Gasteiger charge is 2.20. The van der Waals surface area contributed by atoms with Crippen LogP contribution in [-0.2, 0) is 6.54 Å². The molecule has 2 heterocycles. The van der Waals surface area contributed by atoms with Crippen molar-refractivity contribution in [2.45, 2.75) is 19.4 Å². The van der Waals surface area contributed by atoms with Crippen molar-refractivity contribution in [3.8, 4) is 5.69 Å².